The molecule has 0 unspecified atom stereocenters. The number of aromatic nitrogens is 2. The molecule has 0 saturated carbocycles. The second-order valence-electron chi connectivity index (χ2n) is 3.82. The van der Waals surface area contributed by atoms with Crippen LogP contribution in [0.2, 0.25) is 0 Å². The van der Waals surface area contributed by atoms with E-state index in [0.717, 1.165) is 5.56 Å². The Balaban J connectivity index is 2.08. The van der Waals surface area contributed by atoms with Crippen LogP contribution >= 0.6 is 0 Å². The summed E-state index contributed by atoms with van der Waals surface area (Å²) in [6.07, 6.45) is 4.76. The molecule has 0 amide bonds. The quantitative estimate of drug-likeness (QED) is 0.375. The Kier molecular flexibility index (Phi) is 4.17. The number of anilines is 1. The summed E-state index contributed by atoms with van der Waals surface area (Å²) in [6, 6.07) is 6.46. The van der Waals surface area contributed by atoms with Crippen molar-refractivity contribution in [3.63, 3.8) is 0 Å². The Morgan fingerprint density at radius 3 is 2.90 bits per heavy atom. The minimum Gasteiger partial charge on any atom is -0.370 e. The predicted molar refractivity (Wildman–Crippen MR) is 74.1 cm³/mol. The molecule has 0 aromatic carbocycles. The number of aliphatic imine (C=N–C) groups is 1. The molecule has 2 aromatic rings. The normalized spacial score (nSPS) is 11.1. The lowest BCUT2D eigenvalue weighted by Crippen LogP contribution is -2.23. The molecular weight excluding hydrogens is 260 g/mol. The van der Waals surface area contributed by atoms with E-state index in [1.807, 2.05) is 6.07 Å². The molecule has 0 saturated heterocycles. The van der Waals surface area contributed by atoms with Crippen molar-refractivity contribution < 1.29 is 4.92 Å². The molecule has 102 valence electrons. The molecule has 0 atom stereocenters. The van der Waals surface area contributed by atoms with Crippen molar-refractivity contribution in [1.82, 2.24) is 9.97 Å². The van der Waals surface area contributed by atoms with Crippen molar-refractivity contribution in [2.75, 3.05) is 5.32 Å². The highest BCUT2D eigenvalue weighted by Crippen LogP contribution is 2.19. The van der Waals surface area contributed by atoms with Crippen LogP contribution in [0, 0.1) is 10.1 Å². The van der Waals surface area contributed by atoms with Gasteiger partial charge in [0.1, 0.15) is 0 Å². The maximum atomic E-state index is 10.8. The van der Waals surface area contributed by atoms with Crippen molar-refractivity contribution >= 4 is 17.5 Å². The highest BCUT2D eigenvalue weighted by atomic mass is 16.6. The van der Waals surface area contributed by atoms with Gasteiger partial charge in [0.2, 0.25) is 5.82 Å². The van der Waals surface area contributed by atoms with Gasteiger partial charge in [0, 0.05) is 24.7 Å². The number of nitrogens with one attached hydrogen (secondary N) is 1. The third-order valence-electron chi connectivity index (χ3n) is 2.38. The maximum absolute atomic E-state index is 10.8. The predicted octanol–water partition coefficient (Wildman–Crippen LogP) is 1.31. The lowest BCUT2D eigenvalue weighted by Gasteiger charge is -2.05. The molecule has 2 aromatic heterocycles. The Hall–Kier alpha value is -3.03. The number of hydrogen-bond acceptors (Lipinski definition) is 5. The first-order chi connectivity index (χ1) is 9.66. The molecule has 2 heterocycles. The van der Waals surface area contributed by atoms with Crippen LogP contribution in [-0.4, -0.2) is 20.9 Å². The number of hydrogen-bond donors (Lipinski definition) is 2. The highest BCUT2D eigenvalue weighted by molar-refractivity contribution is 5.93. The molecule has 0 aliphatic carbocycles. The molecule has 0 fully saturated rings. The van der Waals surface area contributed by atoms with Gasteiger partial charge in [-0.3, -0.25) is 15.1 Å². The van der Waals surface area contributed by atoms with E-state index in [-0.39, 0.29) is 17.5 Å². The van der Waals surface area contributed by atoms with E-state index in [2.05, 4.69) is 20.3 Å². The summed E-state index contributed by atoms with van der Waals surface area (Å²) in [7, 11) is 0. The van der Waals surface area contributed by atoms with E-state index in [0.29, 0.717) is 6.54 Å². The van der Waals surface area contributed by atoms with Crippen LogP contribution in [0.15, 0.2) is 47.8 Å². The van der Waals surface area contributed by atoms with Crippen molar-refractivity contribution in [1.29, 1.82) is 0 Å². The Labute approximate surface area is 114 Å². The largest absolute Gasteiger partial charge is 0.370 e. The first-order valence-electron chi connectivity index (χ1n) is 5.72. The smallest absolute Gasteiger partial charge is 0.311 e. The molecular formula is C12H12N6O2. The van der Waals surface area contributed by atoms with Gasteiger partial charge in [0.15, 0.2) is 5.96 Å². The Morgan fingerprint density at radius 1 is 1.40 bits per heavy atom. The average molecular weight is 272 g/mol. The summed E-state index contributed by atoms with van der Waals surface area (Å²) < 4.78 is 0. The van der Waals surface area contributed by atoms with Gasteiger partial charge in [0.05, 0.1) is 11.5 Å². The number of guanidine groups is 1. The number of pyridine rings is 2. The van der Waals surface area contributed by atoms with Crippen molar-refractivity contribution in [3.8, 4) is 0 Å². The molecule has 8 nitrogen and oxygen atoms in total. The highest BCUT2D eigenvalue weighted by Gasteiger charge is 2.14. The van der Waals surface area contributed by atoms with Gasteiger partial charge < -0.3 is 11.1 Å². The van der Waals surface area contributed by atoms with Crippen LogP contribution in [0.3, 0.4) is 0 Å². The van der Waals surface area contributed by atoms with Crippen LogP contribution in [0.4, 0.5) is 11.5 Å². The van der Waals surface area contributed by atoms with Gasteiger partial charge in [-0.2, -0.15) is 0 Å². The van der Waals surface area contributed by atoms with Gasteiger partial charge in [-0.25, -0.2) is 9.98 Å². The summed E-state index contributed by atoms with van der Waals surface area (Å²) in [5.74, 6) is 0.112. The lowest BCUT2D eigenvalue weighted by molar-refractivity contribution is -0.384. The zero-order valence-corrected chi connectivity index (χ0v) is 10.4. The van der Waals surface area contributed by atoms with Crippen LogP contribution in [-0.2, 0) is 6.54 Å². The molecule has 0 spiro atoms. The molecule has 2 rings (SSSR count). The minimum atomic E-state index is -0.538. The van der Waals surface area contributed by atoms with E-state index in [4.69, 9.17) is 5.73 Å². The van der Waals surface area contributed by atoms with Crippen LogP contribution in [0.5, 0.6) is 0 Å². The zero-order chi connectivity index (χ0) is 14.4. The van der Waals surface area contributed by atoms with Crippen molar-refractivity contribution in [2.45, 2.75) is 6.54 Å². The van der Waals surface area contributed by atoms with Gasteiger partial charge in [-0.1, -0.05) is 6.07 Å². The average Bonchev–Trinajstić information content (AvgIpc) is 2.46. The molecule has 0 aliphatic heterocycles. The number of nitrogens with zero attached hydrogens (tertiary/aromatic N) is 4. The summed E-state index contributed by atoms with van der Waals surface area (Å²) in [5, 5.41) is 13.4. The van der Waals surface area contributed by atoms with Gasteiger partial charge in [0.25, 0.3) is 0 Å². The zero-order valence-electron chi connectivity index (χ0n) is 10.4. The summed E-state index contributed by atoms with van der Waals surface area (Å²) >= 11 is 0. The molecule has 3 N–H and O–H groups in total. The summed E-state index contributed by atoms with van der Waals surface area (Å²) in [5.41, 5.74) is 6.40. The van der Waals surface area contributed by atoms with Gasteiger partial charge in [-0.05, 0) is 17.7 Å². The number of nitro groups is 1. The van der Waals surface area contributed by atoms with E-state index >= 15 is 0 Å². The summed E-state index contributed by atoms with van der Waals surface area (Å²) in [6.45, 7) is 0.327. The van der Waals surface area contributed by atoms with E-state index in [9.17, 15) is 10.1 Å². The number of rotatable bonds is 4. The van der Waals surface area contributed by atoms with Gasteiger partial charge in [-0.15, -0.1) is 0 Å². The topological polar surface area (TPSA) is 119 Å². The van der Waals surface area contributed by atoms with Crippen molar-refractivity contribution in [2.24, 2.45) is 10.7 Å². The van der Waals surface area contributed by atoms with Crippen LogP contribution < -0.4 is 11.1 Å². The molecule has 0 bridgehead atoms. The monoisotopic (exact) mass is 272 g/mol. The minimum absolute atomic E-state index is 0.0515. The Morgan fingerprint density at radius 2 is 2.20 bits per heavy atom. The first-order valence-corrected chi connectivity index (χ1v) is 5.72. The van der Waals surface area contributed by atoms with Crippen LogP contribution in [0.25, 0.3) is 0 Å². The van der Waals surface area contributed by atoms with E-state index in [1.54, 1.807) is 18.5 Å². The fraction of sp³-hybridized carbons (Fsp3) is 0.0833. The number of nitrogens with two attached hydrogens (primary N) is 1. The fourth-order valence-corrected chi connectivity index (χ4v) is 1.47. The van der Waals surface area contributed by atoms with E-state index < -0.39 is 4.92 Å². The molecule has 0 aliphatic rings. The van der Waals surface area contributed by atoms with Crippen molar-refractivity contribution in [3.05, 3.63) is 58.5 Å². The van der Waals surface area contributed by atoms with E-state index in [1.165, 1.54) is 18.3 Å². The summed E-state index contributed by atoms with van der Waals surface area (Å²) in [4.78, 5) is 22.2. The fourth-order valence-electron chi connectivity index (χ4n) is 1.47. The SMILES string of the molecule is NC(=NCc1cccnc1)Nc1ncccc1[N+](=O)[O-]. The third kappa shape index (κ3) is 3.48. The maximum Gasteiger partial charge on any atom is 0.311 e. The first kappa shape index (κ1) is 13.4. The van der Waals surface area contributed by atoms with Crippen LogP contribution in [0.1, 0.15) is 5.56 Å². The molecule has 20 heavy (non-hydrogen) atoms. The Bertz CT molecular complexity index is 629. The second kappa shape index (κ2) is 6.23. The lowest BCUT2D eigenvalue weighted by atomic mass is 10.3. The third-order valence-corrected chi connectivity index (χ3v) is 2.38. The molecule has 8 heteroatoms. The molecule has 0 radical (unpaired) electrons. The van der Waals surface area contributed by atoms with Gasteiger partial charge >= 0.3 is 5.69 Å². The second-order valence-corrected chi connectivity index (χ2v) is 3.82. The standard InChI is InChI=1S/C12H12N6O2/c13-12(16-8-9-3-1-5-14-7-9)17-11-10(18(19)20)4-2-6-15-11/h1-7H,8H2,(H3,13,15,16,17).